The minimum atomic E-state index is -0.779. The highest BCUT2D eigenvalue weighted by atomic mass is 16.4. The quantitative estimate of drug-likeness (QED) is 0.715. The Hall–Kier alpha value is -0.570. The maximum absolute atomic E-state index is 11.1. The highest BCUT2D eigenvalue weighted by molar-refractivity contribution is 5.75. The predicted molar refractivity (Wildman–Crippen MR) is 54.1 cm³/mol. The lowest BCUT2D eigenvalue weighted by atomic mass is 9.62. The summed E-state index contributed by atoms with van der Waals surface area (Å²) in [6.07, 6.45) is 4.13. The average Bonchev–Trinajstić information content (AvgIpc) is 2.10. The Morgan fingerprint density at radius 3 is 2.07 bits per heavy atom. The third-order valence-corrected chi connectivity index (χ3v) is 3.75. The number of carbonyl (C=O) groups is 1. The first-order valence-electron chi connectivity index (χ1n) is 5.44. The van der Waals surface area contributed by atoms with Crippen LogP contribution in [0.1, 0.15) is 52.4 Å². The van der Waals surface area contributed by atoms with E-state index in [1.165, 1.54) is 0 Å². The molecular formula is C11H20O3. The van der Waals surface area contributed by atoms with E-state index in [-0.39, 0.29) is 0 Å². The summed E-state index contributed by atoms with van der Waals surface area (Å²) in [5.41, 5.74) is -1.40. The Bertz CT molecular complexity index is 215. The van der Waals surface area contributed by atoms with Gasteiger partial charge >= 0.3 is 5.97 Å². The van der Waals surface area contributed by atoms with Gasteiger partial charge in [-0.05, 0) is 32.1 Å². The molecule has 0 radical (unpaired) electrons. The molecule has 0 atom stereocenters. The second-order valence-corrected chi connectivity index (χ2v) is 4.55. The van der Waals surface area contributed by atoms with E-state index in [0.717, 1.165) is 19.3 Å². The number of carboxylic acids is 1. The van der Waals surface area contributed by atoms with Crippen LogP contribution >= 0.6 is 0 Å². The van der Waals surface area contributed by atoms with Crippen molar-refractivity contribution in [3.8, 4) is 0 Å². The number of aliphatic carboxylic acids is 1. The van der Waals surface area contributed by atoms with Crippen LogP contribution in [0.15, 0.2) is 0 Å². The SMILES string of the molecule is CCC(O)(CC)CC1(C(=O)O)CCC1. The van der Waals surface area contributed by atoms with Gasteiger partial charge in [0, 0.05) is 0 Å². The van der Waals surface area contributed by atoms with Gasteiger partial charge in [-0.3, -0.25) is 4.79 Å². The molecule has 1 aliphatic carbocycles. The second-order valence-electron chi connectivity index (χ2n) is 4.55. The average molecular weight is 200 g/mol. The Balaban J connectivity index is 2.69. The van der Waals surface area contributed by atoms with E-state index in [9.17, 15) is 9.90 Å². The molecule has 1 aliphatic rings. The molecule has 0 aromatic heterocycles. The van der Waals surface area contributed by atoms with Gasteiger partial charge in [-0.25, -0.2) is 0 Å². The van der Waals surface area contributed by atoms with Crippen molar-refractivity contribution in [3.63, 3.8) is 0 Å². The summed E-state index contributed by atoms with van der Waals surface area (Å²) in [4.78, 5) is 11.1. The monoisotopic (exact) mass is 200 g/mol. The van der Waals surface area contributed by atoms with Crippen molar-refractivity contribution in [3.05, 3.63) is 0 Å². The fraction of sp³-hybridized carbons (Fsp3) is 0.909. The number of hydrogen-bond acceptors (Lipinski definition) is 2. The smallest absolute Gasteiger partial charge is 0.309 e. The standard InChI is InChI=1S/C11H20O3/c1-3-11(14,4-2)8-10(9(12)13)6-5-7-10/h14H,3-8H2,1-2H3,(H,12,13). The molecule has 1 saturated carbocycles. The molecule has 0 amide bonds. The summed E-state index contributed by atoms with van der Waals surface area (Å²) >= 11 is 0. The van der Waals surface area contributed by atoms with Crippen LogP contribution < -0.4 is 0 Å². The van der Waals surface area contributed by atoms with E-state index in [2.05, 4.69) is 0 Å². The molecule has 3 nitrogen and oxygen atoms in total. The topological polar surface area (TPSA) is 57.5 Å². The Kier molecular flexibility index (Phi) is 3.20. The molecule has 1 rings (SSSR count). The zero-order valence-electron chi connectivity index (χ0n) is 9.05. The van der Waals surface area contributed by atoms with E-state index < -0.39 is 17.0 Å². The highest BCUT2D eigenvalue weighted by Gasteiger charge is 2.48. The molecule has 0 aromatic rings. The lowest BCUT2D eigenvalue weighted by Crippen LogP contribution is -2.45. The first kappa shape index (κ1) is 11.5. The Labute approximate surface area is 85.1 Å². The molecule has 82 valence electrons. The fourth-order valence-electron chi connectivity index (χ4n) is 2.20. The number of carboxylic acid groups (broad SMARTS) is 1. The lowest BCUT2D eigenvalue weighted by molar-refractivity contribution is -0.161. The van der Waals surface area contributed by atoms with Crippen molar-refractivity contribution in [1.29, 1.82) is 0 Å². The highest BCUT2D eigenvalue weighted by Crippen LogP contribution is 2.48. The van der Waals surface area contributed by atoms with Crippen molar-refractivity contribution in [2.45, 2.75) is 58.0 Å². The van der Waals surface area contributed by atoms with Crippen LogP contribution in [0.2, 0.25) is 0 Å². The minimum absolute atomic E-state index is 0.419. The van der Waals surface area contributed by atoms with Gasteiger partial charge in [-0.1, -0.05) is 20.3 Å². The molecule has 0 saturated heterocycles. The van der Waals surface area contributed by atoms with Crippen molar-refractivity contribution in [2.24, 2.45) is 5.41 Å². The van der Waals surface area contributed by atoms with Gasteiger partial charge < -0.3 is 10.2 Å². The largest absolute Gasteiger partial charge is 0.481 e. The van der Waals surface area contributed by atoms with Gasteiger partial charge in [-0.2, -0.15) is 0 Å². The normalized spacial score (nSPS) is 20.2. The summed E-state index contributed by atoms with van der Waals surface area (Å²) in [7, 11) is 0. The molecule has 0 spiro atoms. The van der Waals surface area contributed by atoms with Crippen molar-refractivity contribution < 1.29 is 15.0 Å². The van der Waals surface area contributed by atoms with Gasteiger partial charge in [0.05, 0.1) is 11.0 Å². The molecule has 0 aliphatic heterocycles. The van der Waals surface area contributed by atoms with Crippen LogP contribution in [0.25, 0.3) is 0 Å². The van der Waals surface area contributed by atoms with E-state index in [1.807, 2.05) is 13.8 Å². The van der Waals surface area contributed by atoms with E-state index >= 15 is 0 Å². The third-order valence-electron chi connectivity index (χ3n) is 3.75. The van der Waals surface area contributed by atoms with Crippen molar-refractivity contribution >= 4 is 5.97 Å². The summed E-state index contributed by atoms with van der Waals surface area (Å²) in [6, 6.07) is 0. The van der Waals surface area contributed by atoms with Gasteiger partial charge in [0.1, 0.15) is 0 Å². The molecule has 0 heterocycles. The summed E-state index contributed by atoms with van der Waals surface area (Å²) in [5.74, 6) is -0.732. The van der Waals surface area contributed by atoms with Gasteiger partial charge in [0.2, 0.25) is 0 Å². The Morgan fingerprint density at radius 2 is 1.86 bits per heavy atom. The van der Waals surface area contributed by atoms with Gasteiger partial charge in [-0.15, -0.1) is 0 Å². The van der Waals surface area contributed by atoms with Crippen LogP contribution in [0.5, 0.6) is 0 Å². The summed E-state index contributed by atoms with van der Waals surface area (Å²) in [5, 5.41) is 19.2. The van der Waals surface area contributed by atoms with Crippen molar-refractivity contribution in [1.82, 2.24) is 0 Å². The number of rotatable bonds is 5. The Morgan fingerprint density at radius 1 is 1.36 bits per heavy atom. The van der Waals surface area contributed by atoms with Crippen LogP contribution in [-0.4, -0.2) is 21.8 Å². The first-order chi connectivity index (χ1) is 6.48. The molecule has 3 heteroatoms. The molecule has 0 bridgehead atoms. The van der Waals surface area contributed by atoms with E-state index in [1.54, 1.807) is 0 Å². The van der Waals surface area contributed by atoms with Gasteiger partial charge in [0.25, 0.3) is 0 Å². The van der Waals surface area contributed by atoms with Gasteiger partial charge in [0.15, 0.2) is 0 Å². The molecule has 0 unspecified atom stereocenters. The minimum Gasteiger partial charge on any atom is -0.481 e. The second kappa shape index (κ2) is 3.89. The predicted octanol–water partition coefficient (Wildman–Crippen LogP) is 2.18. The van der Waals surface area contributed by atoms with Crippen molar-refractivity contribution in [2.75, 3.05) is 0 Å². The van der Waals surface area contributed by atoms with E-state index in [0.29, 0.717) is 19.3 Å². The zero-order chi connectivity index (χ0) is 10.8. The van der Waals surface area contributed by atoms with E-state index in [4.69, 9.17) is 5.11 Å². The molecule has 1 fully saturated rings. The summed E-state index contributed by atoms with van der Waals surface area (Å²) < 4.78 is 0. The molecule has 2 N–H and O–H groups in total. The van der Waals surface area contributed by atoms with Crippen LogP contribution in [-0.2, 0) is 4.79 Å². The number of aliphatic hydroxyl groups is 1. The molecular weight excluding hydrogens is 180 g/mol. The van der Waals surface area contributed by atoms with Crippen LogP contribution in [0.4, 0.5) is 0 Å². The molecule has 0 aromatic carbocycles. The third kappa shape index (κ3) is 1.92. The fourth-order valence-corrected chi connectivity index (χ4v) is 2.20. The molecule has 14 heavy (non-hydrogen) atoms. The maximum atomic E-state index is 11.1. The van der Waals surface area contributed by atoms with Crippen LogP contribution in [0, 0.1) is 5.41 Å². The zero-order valence-corrected chi connectivity index (χ0v) is 9.05. The number of hydrogen-bond donors (Lipinski definition) is 2. The first-order valence-corrected chi connectivity index (χ1v) is 5.44. The lowest BCUT2D eigenvalue weighted by Gasteiger charge is -2.43. The van der Waals surface area contributed by atoms with Crippen LogP contribution in [0.3, 0.4) is 0 Å². The maximum Gasteiger partial charge on any atom is 0.309 e. The summed E-state index contributed by atoms with van der Waals surface area (Å²) in [6.45, 7) is 3.83.